The molecule has 2 amide bonds. The highest BCUT2D eigenvalue weighted by Crippen LogP contribution is 2.65. The van der Waals surface area contributed by atoms with E-state index in [0.29, 0.717) is 15.6 Å². The third kappa shape index (κ3) is 5.56. The Morgan fingerprint density at radius 2 is 1.57 bits per heavy atom. The molecule has 4 nitrogen and oxygen atoms in total. The minimum Gasteiger partial charge on any atom is -0.326 e. The summed E-state index contributed by atoms with van der Waals surface area (Å²) in [7, 11) is 0. The van der Waals surface area contributed by atoms with E-state index in [2.05, 4.69) is 17.2 Å². The number of carbonyl (C=O) groups excluding carboxylic acids is 2. The molecule has 1 aliphatic carbocycles. The lowest BCUT2D eigenvalue weighted by atomic mass is 10.1. The summed E-state index contributed by atoms with van der Waals surface area (Å²) in [5.41, 5.74) is -0.913. The number of benzene rings is 3. The van der Waals surface area contributed by atoms with Crippen LogP contribution in [0, 0.1) is 17.6 Å². The van der Waals surface area contributed by atoms with E-state index in [1.54, 1.807) is 12.1 Å². The van der Waals surface area contributed by atoms with Gasteiger partial charge >= 0.3 is 0 Å². The number of amides is 2. The Balaban J connectivity index is 1.54. The lowest BCUT2D eigenvalue weighted by molar-refractivity contribution is -0.117. The van der Waals surface area contributed by atoms with E-state index in [1.165, 1.54) is 24.3 Å². The van der Waals surface area contributed by atoms with Crippen LogP contribution in [0.2, 0.25) is 15.1 Å². The molecule has 2 N–H and O–H groups in total. The first-order chi connectivity index (χ1) is 17.3. The number of anilines is 2. The van der Waals surface area contributed by atoms with Crippen molar-refractivity contribution in [1.29, 1.82) is 0 Å². The van der Waals surface area contributed by atoms with Crippen LogP contribution in [0.4, 0.5) is 24.5 Å². The van der Waals surface area contributed by atoms with Crippen molar-refractivity contribution in [1.82, 2.24) is 0 Å². The molecule has 0 radical (unpaired) electrons. The van der Waals surface area contributed by atoms with Crippen molar-refractivity contribution >= 4 is 87.0 Å². The monoisotopic (exact) mass is 606 g/mol. The van der Waals surface area contributed by atoms with Gasteiger partial charge in [0.25, 0.3) is 5.91 Å². The third-order valence-corrected chi connectivity index (χ3v) is 7.38. The molecule has 0 saturated heterocycles. The molecular weight excluding hydrogens is 595 g/mol. The predicted octanol–water partition coefficient (Wildman–Crippen LogP) is 8.64. The van der Waals surface area contributed by atoms with Crippen LogP contribution in [0.5, 0.6) is 0 Å². The Kier molecular flexibility index (Phi) is 7.75. The molecule has 1 fully saturated rings. The van der Waals surface area contributed by atoms with Crippen molar-refractivity contribution in [3.8, 4) is 0 Å². The van der Waals surface area contributed by atoms with Crippen molar-refractivity contribution in [3.63, 3.8) is 0 Å². The quantitative estimate of drug-likeness (QED) is 0.275. The second kappa shape index (κ2) is 10.4. The highest BCUT2D eigenvalue weighted by Gasteiger charge is 2.67. The first-order valence-electron chi connectivity index (χ1n) is 10.4. The maximum atomic E-state index is 14.5. The maximum Gasteiger partial charge on any atom is 0.257 e. The number of carbonyl (C=O) groups is 2. The van der Waals surface area contributed by atoms with Gasteiger partial charge in [-0.2, -0.15) is 0 Å². The molecule has 2 unspecified atom stereocenters. The number of halogens is 8. The topological polar surface area (TPSA) is 58.2 Å². The zero-order chi connectivity index (χ0) is 27.2. The van der Waals surface area contributed by atoms with Gasteiger partial charge in [0.05, 0.1) is 27.8 Å². The lowest BCUT2D eigenvalue weighted by Gasteiger charge is -2.12. The van der Waals surface area contributed by atoms with Gasteiger partial charge in [0.1, 0.15) is 16.0 Å². The standard InChI is InChI=1S/C25H14Cl5F3N2O2/c1-10(31)19-17(32)4-5-18(22(19)33)35-23(36)15-9-14(2-3-16(15)28)34-24(37)21-20(25(21,29)30)11-6-12(26)8-13(27)7-11/h2-9,20-21H,1H2,(H,34,37)(H,35,36). The van der Waals surface area contributed by atoms with E-state index in [9.17, 15) is 22.8 Å². The molecule has 4 rings (SSSR count). The SMILES string of the molecule is C=C(F)c1c(F)ccc(NC(=O)c2cc(NC(=O)C3C(c4cc(Cl)cc(Cl)c4)C3(Cl)Cl)ccc2Cl)c1F. The van der Waals surface area contributed by atoms with Gasteiger partial charge in [-0.3, -0.25) is 9.59 Å². The van der Waals surface area contributed by atoms with E-state index >= 15 is 0 Å². The molecule has 0 spiro atoms. The van der Waals surface area contributed by atoms with Gasteiger partial charge in [-0.15, -0.1) is 23.2 Å². The van der Waals surface area contributed by atoms with Crippen molar-refractivity contribution in [2.75, 3.05) is 10.6 Å². The molecular formula is C25H14Cl5F3N2O2. The first kappa shape index (κ1) is 27.6. The summed E-state index contributed by atoms with van der Waals surface area (Å²) in [5, 5.41) is 5.50. The summed E-state index contributed by atoms with van der Waals surface area (Å²) in [6.07, 6.45) is 0. The second-order valence-electron chi connectivity index (χ2n) is 8.16. The van der Waals surface area contributed by atoms with E-state index in [4.69, 9.17) is 58.0 Å². The number of hydrogen-bond acceptors (Lipinski definition) is 2. The Labute approximate surface area is 234 Å². The number of rotatable bonds is 6. The van der Waals surface area contributed by atoms with Gasteiger partial charge in [0.2, 0.25) is 5.91 Å². The van der Waals surface area contributed by atoms with E-state index in [1.807, 2.05) is 0 Å². The predicted molar refractivity (Wildman–Crippen MR) is 142 cm³/mol. The molecule has 3 aromatic rings. The van der Waals surface area contributed by atoms with Crippen LogP contribution in [0.25, 0.3) is 5.83 Å². The highest BCUT2D eigenvalue weighted by atomic mass is 35.5. The molecule has 12 heteroatoms. The fourth-order valence-electron chi connectivity index (χ4n) is 3.91. The lowest BCUT2D eigenvalue weighted by Crippen LogP contribution is -2.18. The van der Waals surface area contributed by atoms with Crippen molar-refractivity contribution in [3.05, 3.63) is 98.5 Å². The second-order valence-corrected chi connectivity index (χ2v) is 10.9. The van der Waals surface area contributed by atoms with E-state index in [-0.39, 0.29) is 16.3 Å². The van der Waals surface area contributed by atoms with Crippen LogP contribution in [0.3, 0.4) is 0 Å². The van der Waals surface area contributed by atoms with Gasteiger partial charge in [0, 0.05) is 21.7 Å². The van der Waals surface area contributed by atoms with Gasteiger partial charge in [-0.1, -0.05) is 41.4 Å². The highest BCUT2D eigenvalue weighted by molar-refractivity contribution is 6.53. The molecule has 1 aliphatic rings. The minimum atomic E-state index is -1.43. The molecule has 0 bridgehead atoms. The summed E-state index contributed by atoms with van der Waals surface area (Å²) < 4.78 is 40.3. The average Bonchev–Trinajstić information content (AvgIpc) is 3.38. The zero-order valence-corrected chi connectivity index (χ0v) is 22.1. The van der Waals surface area contributed by atoms with Crippen LogP contribution in [0.1, 0.15) is 27.4 Å². The largest absolute Gasteiger partial charge is 0.326 e. The molecule has 192 valence electrons. The Bertz CT molecular complexity index is 1440. The van der Waals surface area contributed by atoms with Gasteiger partial charge in [-0.25, -0.2) is 13.2 Å². The van der Waals surface area contributed by atoms with E-state index < -0.39 is 56.7 Å². The van der Waals surface area contributed by atoms with Gasteiger partial charge in [-0.05, 0) is 54.1 Å². The molecule has 0 aliphatic heterocycles. The van der Waals surface area contributed by atoms with E-state index in [0.717, 1.165) is 12.1 Å². The van der Waals surface area contributed by atoms with Crippen molar-refractivity contribution < 1.29 is 22.8 Å². The van der Waals surface area contributed by atoms with Crippen molar-refractivity contribution in [2.24, 2.45) is 5.92 Å². The van der Waals surface area contributed by atoms with Gasteiger partial charge < -0.3 is 10.6 Å². The van der Waals surface area contributed by atoms with Crippen molar-refractivity contribution in [2.45, 2.75) is 10.3 Å². The number of alkyl halides is 2. The number of hydrogen-bond donors (Lipinski definition) is 2. The summed E-state index contributed by atoms with van der Waals surface area (Å²) >= 11 is 31.0. The average molecular weight is 609 g/mol. The van der Waals surface area contributed by atoms with Gasteiger partial charge in [0.15, 0.2) is 5.82 Å². The maximum absolute atomic E-state index is 14.5. The Morgan fingerprint density at radius 1 is 0.919 bits per heavy atom. The molecule has 1 saturated carbocycles. The first-order valence-corrected chi connectivity index (χ1v) is 12.3. The smallest absolute Gasteiger partial charge is 0.257 e. The normalized spacial score (nSPS) is 17.7. The van der Waals surface area contributed by atoms with Crippen LogP contribution in [0.15, 0.2) is 55.1 Å². The fourth-order valence-corrected chi connectivity index (χ4v) is 5.48. The Hall–Kier alpha value is -2.42. The number of nitrogens with one attached hydrogen (secondary N) is 2. The summed E-state index contributed by atoms with van der Waals surface area (Å²) in [6.45, 7) is 2.89. The molecule has 3 aromatic carbocycles. The summed E-state index contributed by atoms with van der Waals surface area (Å²) in [6, 6.07) is 10.4. The minimum absolute atomic E-state index is 0.0324. The van der Waals surface area contributed by atoms with Crippen LogP contribution >= 0.6 is 58.0 Å². The molecule has 0 heterocycles. The van der Waals surface area contributed by atoms with Crippen LogP contribution in [-0.4, -0.2) is 16.1 Å². The fraction of sp³-hybridized carbons (Fsp3) is 0.120. The summed E-state index contributed by atoms with van der Waals surface area (Å²) in [4.78, 5) is 25.8. The van der Waals surface area contributed by atoms with Crippen LogP contribution in [-0.2, 0) is 4.79 Å². The summed E-state index contributed by atoms with van der Waals surface area (Å²) in [5.74, 6) is -6.77. The third-order valence-electron chi connectivity index (χ3n) is 5.67. The zero-order valence-electron chi connectivity index (χ0n) is 18.3. The Morgan fingerprint density at radius 3 is 2.19 bits per heavy atom. The molecule has 2 atom stereocenters. The molecule has 0 aromatic heterocycles. The van der Waals surface area contributed by atoms with Crippen LogP contribution < -0.4 is 10.6 Å². The molecule has 37 heavy (non-hydrogen) atoms.